The Morgan fingerprint density at radius 1 is 0.213 bits per heavy atom. The van der Waals surface area contributed by atoms with E-state index < -0.39 is 5.41 Å². The standard InChI is InChI=1S/C73H44O2/c1-3-13-53(14-4-1)73(54-15-5-2-6-16-54)67-21-11-9-19-59(67)60-37-33-52(44-68(60)73)51-32-36-58-57-35-31-49(41-64(57)55-17-7-8-18-56(55)65(58)42-51)47-27-23-45(24-28-47)46-25-29-48(30-26-46)50-34-40-70-66(43-50)63-39-38-62-61-20-10-12-22-69(61)74-71(62)72(63)75-70/h1-44H. The van der Waals surface area contributed by atoms with Crippen LogP contribution in [-0.2, 0) is 5.41 Å². The fourth-order valence-corrected chi connectivity index (χ4v) is 12.8. The molecular formula is C73H44O2. The molecule has 0 spiro atoms. The predicted octanol–water partition coefficient (Wildman–Crippen LogP) is 20.0. The van der Waals surface area contributed by atoms with Crippen molar-refractivity contribution in [2.45, 2.75) is 5.41 Å². The van der Waals surface area contributed by atoms with Crippen molar-refractivity contribution in [1.29, 1.82) is 0 Å². The van der Waals surface area contributed by atoms with Crippen molar-refractivity contribution in [3.63, 3.8) is 0 Å². The Kier molecular flexibility index (Phi) is 8.99. The maximum atomic E-state index is 6.43. The highest BCUT2D eigenvalue weighted by atomic mass is 16.4. The van der Waals surface area contributed by atoms with Crippen LogP contribution in [0.2, 0.25) is 0 Å². The predicted molar refractivity (Wildman–Crippen MR) is 313 cm³/mol. The van der Waals surface area contributed by atoms with Crippen molar-refractivity contribution in [3.8, 4) is 55.6 Å². The summed E-state index contributed by atoms with van der Waals surface area (Å²) in [6, 6.07) is 98.2. The zero-order chi connectivity index (χ0) is 49.2. The largest absolute Gasteiger partial charge is 0.452 e. The third-order valence-electron chi connectivity index (χ3n) is 16.4. The summed E-state index contributed by atoms with van der Waals surface area (Å²) in [6.45, 7) is 0. The molecule has 0 atom stereocenters. The zero-order valence-electron chi connectivity index (χ0n) is 40.7. The van der Waals surface area contributed by atoms with Crippen LogP contribution >= 0.6 is 0 Å². The van der Waals surface area contributed by atoms with Crippen LogP contribution in [0.3, 0.4) is 0 Å². The Morgan fingerprint density at radius 3 is 1.19 bits per heavy atom. The van der Waals surface area contributed by atoms with E-state index >= 15 is 0 Å². The third-order valence-corrected chi connectivity index (χ3v) is 16.4. The summed E-state index contributed by atoms with van der Waals surface area (Å²) in [5.74, 6) is 0. The zero-order valence-corrected chi connectivity index (χ0v) is 40.7. The molecular weight excluding hydrogens is 909 g/mol. The molecule has 1 aliphatic carbocycles. The quantitative estimate of drug-likeness (QED) is 0.155. The fraction of sp³-hybridized carbons (Fsp3) is 0.0137. The second-order valence-electron chi connectivity index (χ2n) is 20.2. The van der Waals surface area contributed by atoms with Crippen LogP contribution in [0.25, 0.3) is 132 Å². The van der Waals surface area contributed by atoms with E-state index in [0.717, 1.165) is 55.0 Å². The molecule has 2 aromatic heterocycles. The third kappa shape index (κ3) is 6.21. The van der Waals surface area contributed by atoms with Gasteiger partial charge >= 0.3 is 0 Å². The summed E-state index contributed by atoms with van der Waals surface area (Å²) in [6.07, 6.45) is 0. The van der Waals surface area contributed by atoms with Crippen molar-refractivity contribution in [3.05, 3.63) is 289 Å². The van der Waals surface area contributed by atoms with E-state index in [1.54, 1.807) is 0 Å². The van der Waals surface area contributed by atoms with Crippen molar-refractivity contribution < 1.29 is 8.83 Å². The Hall–Kier alpha value is -9.76. The monoisotopic (exact) mass is 952 g/mol. The Morgan fingerprint density at radius 2 is 0.587 bits per heavy atom. The van der Waals surface area contributed by atoms with Crippen LogP contribution < -0.4 is 0 Å². The Bertz CT molecular complexity index is 4730. The summed E-state index contributed by atoms with van der Waals surface area (Å²) in [7, 11) is 0. The topological polar surface area (TPSA) is 26.3 Å². The number of furan rings is 2. The van der Waals surface area contributed by atoms with Crippen LogP contribution in [0, 0.1) is 0 Å². The highest BCUT2D eigenvalue weighted by Gasteiger charge is 2.46. The number of hydrogen-bond donors (Lipinski definition) is 0. The molecule has 0 saturated heterocycles. The molecule has 16 rings (SSSR count). The van der Waals surface area contributed by atoms with Gasteiger partial charge in [-0.3, -0.25) is 0 Å². The van der Waals surface area contributed by atoms with E-state index in [2.05, 4.69) is 249 Å². The average molecular weight is 953 g/mol. The second kappa shape index (κ2) is 16.1. The number of rotatable bonds is 6. The van der Waals surface area contributed by atoms with E-state index in [4.69, 9.17) is 8.83 Å². The van der Waals surface area contributed by atoms with E-state index in [-0.39, 0.29) is 0 Å². The minimum absolute atomic E-state index is 0.449. The van der Waals surface area contributed by atoms with Crippen molar-refractivity contribution in [1.82, 2.24) is 0 Å². The average Bonchev–Trinajstić information content (AvgIpc) is 4.18. The van der Waals surface area contributed by atoms with Gasteiger partial charge in [-0.05, 0) is 159 Å². The first kappa shape index (κ1) is 41.8. The van der Waals surface area contributed by atoms with Crippen LogP contribution in [0.5, 0.6) is 0 Å². The van der Waals surface area contributed by atoms with Crippen LogP contribution in [-0.4, -0.2) is 0 Å². The molecule has 0 amide bonds. The smallest absolute Gasteiger partial charge is 0.178 e. The molecule has 2 nitrogen and oxygen atoms in total. The first-order valence-electron chi connectivity index (χ1n) is 25.9. The van der Waals surface area contributed by atoms with Gasteiger partial charge in [-0.1, -0.05) is 218 Å². The summed E-state index contributed by atoms with van der Waals surface area (Å²) in [5.41, 5.74) is 20.1. The van der Waals surface area contributed by atoms with Gasteiger partial charge in [-0.2, -0.15) is 0 Å². The second-order valence-corrected chi connectivity index (χ2v) is 20.2. The maximum Gasteiger partial charge on any atom is 0.178 e. The number of para-hydroxylation sites is 1. The number of benzene rings is 13. The number of hydrogen-bond acceptors (Lipinski definition) is 2. The highest BCUT2D eigenvalue weighted by molar-refractivity contribution is 6.26. The van der Waals surface area contributed by atoms with Crippen LogP contribution in [0.4, 0.5) is 0 Å². The Labute approximate surface area is 433 Å². The SMILES string of the molecule is c1ccc(C2(c3ccccc3)c3ccccc3-c3ccc(-c4ccc5c6ccc(-c7ccc(-c8ccc(-c9ccc%10oc%11c(ccc%12c%13ccccc%13oc%12%11)c%10c9)cc8)cc7)cc6c6ccccc6c5c4)cc32)cc1. The first-order valence-corrected chi connectivity index (χ1v) is 25.9. The van der Waals surface area contributed by atoms with E-state index in [1.165, 1.54) is 99.1 Å². The normalized spacial score (nSPS) is 12.9. The molecule has 0 bridgehead atoms. The molecule has 348 valence electrons. The molecule has 13 aromatic carbocycles. The summed E-state index contributed by atoms with van der Waals surface area (Å²) in [4.78, 5) is 0. The first-order chi connectivity index (χ1) is 37.2. The van der Waals surface area contributed by atoms with Gasteiger partial charge in [0.25, 0.3) is 0 Å². The molecule has 0 fully saturated rings. The summed E-state index contributed by atoms with van der Waals surface area (Å²) >= 11 is 0. The van der Waals surface area contributed by atoms with Crippen molar-refractivity contribution in [2.75, 3.05) is 0 Å². The molecule has 0 radical (unpaired) electrons. The summed E-state index contributed by atoms with van der Waals surface area (Å²) in [5, 5.41) is 11.9. The summed E-state index contributed by atoms with van der Waals surface area (Å²) < 4.78 is 12.7. The van der Waals surface area contributed by atoms with Gasteiger partial charge in [0.2, 0.25) is 0 Å². The van der Waals surface area contributed by atoms with Crippen LogP contribution in [0.1, 0.15) is 22.3 Å². The lowest BCUT2D eigenvalue weighted by Gasteiger charge is -2.34. The molecule has 0 unspecified atom stereocenters. The van der Waals surface area contributed by atoms with E-state index in [9.17, 15) is 0 Å². The lowest BCUT2D eigenvalue weighted by molar-refractivity contribution is 0.633. The van der Waals surface area contributed by atoms with Gasteiger partial charge in [0.15, 0.2) is 11.2 Å². The minimum atomic E-state index is -0.449. The molecule has 75 heavy (non-hydrogen) atoms. The van der Waals surface area contributed by atoms with Crippen molar-refractivity contribution >= 4 is 76.2 Å². The molecule has 2 heteroatoms. The van der Waals surface area contributed by atoms with E-state index in [0.29, 0.717) is 0 Å². The van der Waals surface area contributed by atoms with Crippen LogP contribution in [0.15, 0.2) is 276 Å². The van der Waals surface area contributed by atoms with E-state index in [1.807, 2.05) is 18.2 Å². The molecule has 0 N–H and O–H groups in total. The lowest BCUT2D eigenvalue weighted by atomic mass is 9.67. The highest BCUT2D eigenvalue weighted by Crippen LogP contribution is 2.57. The lowest BCUT2D eigenvalue weighted by Crippen LogP contribution is -2.28. The van der Waals surface area contributed by atoms with Gasteiger partial charge in [0.05, 0.1) is 5.41 Å². The molecule has 2 heterocycles. The van der Waals surface area contributed by atoms with Crippen molar-refractivity contribution in [2.24, 2.45) is 0 Å². The van der Waals surface area contributed by atoms with Gasteiger partial charge in [-0.25, -0.2) is 0 Å². The molecule has 1 aliphatic rings. The maximum absolute atomic E-state index is 6.43. The molecule has 0 aliphatic heterocycles. The fourth-order valence-electron chi connectivity index (χ4n) is 12.8. The van der Waals surface area contributed by atoms with Gasteiger partial charge < -0.3 is 8.83 Å². The Balaban J connectivity index is 0.725. The minimum Gasteiger partial charge on any atom is -0.452 e. The van der Waals surface area contributed by atoms with Gasteiger partial charge in [-0.15, -0.1) is 0 Å². The van der Waals surface area contributed by atoms with Gasteiger partial charge in [0, 0.05) is 21.5 Å². The number of fused-ring (bicyclic) bond motifs is 16. The van der Waals surface area contributed by atoms with Gasteiger partial charge in [0.1, 0.15) is 11.2 Å². The molecule has 0 saturated carbocycles. The molecule has 15 aromatic rings.